The molecule has 4 aromatic rings. The van der Waals surface area contributed by atoms with Crippen LogP contribution >= 0.6 is 0 Å². The van der Waals surface area contributed by atoms with Crippen LogP contribution in [0.5, 0.6) is 0 Å². The molecule has 0 saturated carbocycles. The molecule has 4 aromatic heterocycles. The van der Waals surface area contributed by atoms with Crippen LogP contribution in [0.1, 0.15) is 32.0 Å². The van der Waals surface area contributed by atoms with Crippen molar-refractivity contribution in [3.63, 3.8) is 0 Å². The van der Waals surface area contributed by atoms with Crippen LogP contribution in [0.15, 0.2) is 17.4 Å². The average Bonchev–Trinajstić information content (AvgIpc) is 3.29. The van der Waals surface area contributed by atoms with Crippen molar-refractivity contribution in [3.05, 3.63) is 28.8 Å². The third kappa shape index (κ3) is 2.10. The first-order valence-electron chi connectivity index (χ1n) is 7.90. The Morgan fingerprint density at radius 1 is 1.25 bits per heavy atom. The molecule has 0 bridgehead atoms. The molecule has 0 amide bonds. The minimum atomic E-state index is -0.215. The molecule has 0 aromatic carbocycles. The van der Waals surface area contributed by atoms with Crippen molar-refractivity contribution < 1.29 is 0 Å². The highest BCUT2D eigenvalue weighted by Crippen LogP contribution is 2.15. The lowest BCUT2D eigenvalue weighted by Crippen LogP contribution is -2.20. The molecule has 0 spiro atoms. The molecule has 1 N–H and O–H groups in total. The first-order chi connectivity index (χ1) is 11.7. The molecule has 0 aliphatic heterocycles. The lowest BCUT2D eigenvalue weighted by atomic mass is 10.2. The van der Waals surface area contributed by atoms with E-state index in [9.17, 15) is 4.79 Å². The van der Waals surface area contributed by atoms with E-state index in [0.29, 0.717) is 35.3 Å². The van der Waals surface area contributed by atoms with E-state index in [-0.39, 0.29) is 5.56 Å². The Bertz CT molecular complexity index is 1050. The highest BCUT2D eigenvalue weighted by Gasteiger charge is 2.18. The van der Waals surface area contributed by atoms with Gasteiger partial charge in [-0.05, 0) is 13.3 Å². The lowest BCUT2D eigenvalue weighted by molar-refractivity contribution is 0.612. The number of H-pyrrole nitrogens is 1. The van der Waals surface area contributed by atoms with Gasteiger partial charge in [-0.1, -0.05) is 19.8 Å². The maximum absolute atomic E-state index is 12.8. The van der Waals surface area contributed by atoms with Gasteiger partial charge in [-0.25, -0.2) is 9.38 Å². The van der Waals surface area contributed by atoms with E-state index in [0.717, 1.165) is 19.3 Å². The van der Waals surface area contributed by atoms with Crippen LogP contribution in [-0.4, -0.2) is 43.9 Å². The van der Waals surface area contributed by atoms with Crippen LogP contribution < -0.4 is 5.56 Å². The zero-order valence-corrected chi connectivity index (χ0v) is 13.5. The zero-order chi connectivity index (χ0) is 16.7. The molecule has 0 aliphatic carbocycles. The number of imidazole rings is 1. The summed E-state index contributed by atoms with van der Waals surface area (Å²) in [5, 5.41) is 12.3. The van der Waals surface area contributed by atoms with Crippen LogP contribution in [0, 0.1) is 6.92 Å². The fourth-order valence-corrected chi connectivity index (χ4v) is 2.82. The first kappa shape index (κ1) is 14.5. The monoisotopic (exact) mass is 327 g/mol. The highest BCUT2D eigenvalue weighted by molar-refractivity contribution is 5.74. The van der Waals surface area contributed by atoms with Crippen LogP contribution in [0.3, 0.4) is 0 Å². The summed E-state index contributed by atoms with van der Waals surface area (Å²) in [4.78, 5) is 24.3. The standard InChI is InChI=1S/C14H17N9O/c1-3-4-5-6-21-11-10(12(24)23-9(2)19-20-14(21)23)17-13(18-11)22-8-15-7-16-22/h7-8H,3-6H2,1-2H3,(H,17,18). The van der Waals surface area contributed by atoms with E-state index in [4.69, 9.17) is 0 Å². The van der Waals surface area contributed by atoms with Gasteiger partial charge in [0.1, 0.15) is 18.5 Å². The van der Waals surface area contributed by atoms with Crippen LogP contribution in [-0.2, 0) is 6.54 Å². The number of nitrogens with zero attached hydrogens (tertiary/aromatic N) is 8. The largest absolute Gasteiger partial charge is 0.316 e. The van der Waals surface area contributed by atoms with Crippen molar-refractivity contribution in [1.29, 1.82) is 0 Å². The van der Waals surface area contributed by atoms with Crippen molar-refractivity contribution in [2.75, 3.05) is 0 Å². The first-order valence-corrected chi connectivity index (χ1v) is 7.90. The van der Waals surface area contributed by atoms with E-state index in [2.05, 4.69) is 37.2 Å². The van der Waals surface area contributed by atoms with Gasteiger partial charge in [0.25, 0.3) is 5.56 Å². The van der Waals surface area contributed by atoms with E-state index in [1.165, 1.54) is 21.7 Å². The second-order valence-corrected chi connectivity index (χ2v) is 5.65. The Hall–Kier alpha value is -3.04. The molecule has 24 heavy (non-hydrogen) atoms. The molecule has 0 unspecified atom stereocenters. The van der Waals surface area contributed by atoms with Crippen LogP contribution in [0.2, 0.25) is 0 Å². The van der Waals surface area contributed by atoms with Gasteiger partial charge in [0, 0.05) is 6.54 Å². The van der Waals surface area contributed by atoms with Gasteiger partial charge in [0.2, 0.25) is 11.7 Å². The molecule has 0 radical (unpaired) electrons. The summed E-state index contributed by atoms with van der Waals surface area (Å²) in [6.45, 7) is 4.63. The van der Waals surface area contributed by atoms with Crippen LogP contribution in [0.25, 0.3) is 22.9 Å². The molecule has 124 valence electrons. The number of hydrogen-bond acceptors (Lipinski definition) is 6. The number of aryl methyl sites for hydroxylation is 2. The van der Waals surface area contributed by atoms with Gasteiger partial charge in [-0.3, -0.25) is 9.36 Å². The smallest absolute Gasteiger partial charge is 0.286 e. The van der Waals surface area contributed by atoms with Gasteiger partial charge in [0.05, 0.1) is 0 Å². The highest BCUT2D eigenvalue weighted by atomic mass is 16.1. The molecule has 0 fully saturated rings. The SMILES string of the molecule is CCCCCn1c2nc(-n3cncn3)[nH]c2c(=O)n2c(C)nnc12. The lowest BCUT2D eigenvalue weighted by Gasteiger charge is -2.08. The zero-order valence-electron chi connectivity index (χ0n) is 13.5. The molecule has 10 nitrogen and oxygen atoms in total. The summed E-state index contributed by atoms with van der Waals surface area (Å²) in [5.41, 5.74) is 0.752. The maximum Gasteiger partial charge on any atom is 0.286 e. The van der Waals surface area contributed by atoms with Gasteiger partial charge in [0.15, 0.2) is 11.2 Å². The second kappa shape index (κ2) is 5.55. The van der Waals surface area contributed by atoms with E-state index in [1.807, 2.05) is 4.57 Å². The number of unbranched alkanes of at least 4 members (excludes halogenated alkanes) is 2. The Balaban J connectivity index is 2.00. The molecule has 10 heteroatoms. The fraction of sp³-hybridized carbons (Fsp3) is 0.429. The molecule has 0 aliphatic rings. The Morgan fingerprint density at radius 2 is 2.12 bits per heavy atom. The summed E-state index contributed by atoms with van der Waals surface area (Å²) in [7, 11) is 0. The van der Waals surface area contributed by atoms with Crippen molar-refractivity contribution in [1.82, 2.24) is 43.9 Å². The third-order valence-corrected chi connectivity index (χ3v) is 4.02. The summed E-state index contributed by atoms with van der Waals surface area (Å²) in [6, 6.07) is 0. The topological polar surface area (TPSA) is 112 Å². The van der Waals surface area contributed by atoms with Gasteiger partial charge in [-0.15, -0.1) is 10.2 Å². The van der Waals surface area contributed by atoms with E-state index < -0.39 is 0 Å². The number of aromatic amines is 1. The maximum atomic E-state index is 12.8. The van der Waals surface area contributed by atoms with E-state index >= 15 is 0 Å². The summed E-state index contributed by atoms with van der Waals surface area (Å²) < 4.78 is 4.94. The normalized spacial score (nSPS) is 11.8. The summed E-state index contributed by atoms with van der Waals surface area (Å²) in [6.07, 6.45) is 6.12. The Labute approximate surface area is 136 Å². The minimum absolute atomic E-state index is 0.215. The Kier molecular flexibility index (Phi) is 3.36. The fourth-order valence-electron chi connectivity index (χ4n) is 2.82. The van der Waals surface area contributed by atoms with Crippen molar-refractivity contribution in [3.8, 4) is 5.95 Å². The van der Waals surface area contributed by atoms with E-state index in [1.54, 1.807) is 6.92 Å². The molecule has 0 saturated heterocycles. The molecular formula is C14H17N9O. The predicted molar refractivity (Wildman–Crippen MR) is 86.1 cm³/mol. The van der Waals surface area contributed by atoms with Gasteiger partial charge >= 0.3 is 0 Å². The van der Waals surface area contributed by atoms with Crippen molar-refractivity contribution >= 4 is 16.9 Å². The molecule has 4 heterocycles. The quantitative estimate of drug-likeness (QED) is 0.544. The summed E-state index contributed by atoms with van der Waals surface area (Å²) >= 11 is 0. The van der Waals surface area contributed by atoms with Crippen molar-refractivity contribution in [2.45, 2.75) is 39.7 Å². The Morgan fingerprint density at radius 3 is 2.88 bits per heavy atom. The number of hydrogen-bond donors (Lipinski definition) is 1. The number of aromatic nitrogens is 9. The number of nitrogens with one attached hydrogen (secondary N) is 1. The average molecular weight is 327 g/mol. The molecule has 4 rings (SSSR count). The van der Waals surface area contributed by atoms with Gasteiger partial charge in [-0.2, -0.15) is 14.8 Å². The number of fused-ring (bicyclic) bond motifs is 2. The molecule has 0 atom stereocenters. The predicted octanol–water partition coefficient (Wildman–Crippen LogP) is 0.847. The second-order valence-electron chi connectivity index (χ2n) is 5.65. The van der Waals surface area contributed by atoms with Crippen molar-refractivity contribution in [2.24, 2.45) is 0 Å². The van der Waals surface area contributed by atoms with Crippen LogP contribution in [0.4, 0.5) is 0 Å². The minimum Gasteiger partial charge on any atom is -0.316 e. The summed E-state index contributed by atoms with van der Waals surface area (Å²) in [5.74, 6) is 1.51. The third-order valence-electron chi connectivity index (χ3n) is 4.02. The number of rotatable bonds is 5. The van der Waals surface area contributed by atoms with Gasteiger partial charge < -0.3 is 4.98 Å². The molecular weight excluding hydrogens is 310 g/mol.